The van der Waals surface area contributed by atoms with E-state index in [2.05, 4.69) is 31.1 Å². The number of piperazine rings is 1. The molecule has 2 aromatic heterocycles. The average molecular weight is 425 g/mol. The highest BCUT2D eigenvalue weighted by atomic mass is 32.1. The predicted octanol–water partition coefficient (Wildman–Crippen LogP) is 2.36. The molecule has 7 nitrogen and oxygen atoms in total. The molecule has 0 spiro atoms. The van der Waals surface area contributed by atoms with Crippen molar-refractivity contribution in [3.8, 4) is 22.8 Å². The number of H-pyrrole nitrogens is 1. The third kappa shape index (κ3) is 4.41. The number of aromatic nitrogens is 3. The Morgan fingerprint density at radius 1 is 1.30 bits per heavy atom. The molecule has 1 fully saturated rings. The zero-order chi connectivity index (χ0) is 20.9. The van der Waals surface area contributed by atoms with Crippen molar-refractivity contribution in [3.05, 3.63) is 53.3 Å². The Hall–Kier alpha value is -3.06. The van der Waals surface area contributed by atoms with Crippen LogP contribution in [0.1, 0.15) is 15.5 Å². The van der Waals surface area contributed by atoms with Gasteiger partial charge in [-0.15, -0.1) is 17.8 Å². The fraction of sp³-hybridized carbons (Fsp3) is 0.286. The van der Waals surface area contributed by atoms with Gasteiger partial charge in [-0.1, -0.05) is 18.1 Å². The van der Waals surface area contributed by atoms with Crippen LogP contribution in [0.25, 0.3) is 10.4 Å². The first-order valence-corrected chi connectivity index (χ1v) is 10.4. The summed E-state index contributed by atoms with van der Waals surface area (Å²) in [4.78, 5) is 29.5. The Morgan fingerprint density at radius 3 is 2.73 bits per heavy atom. The van der Waals surface area contributed by atoms with Crippen molar-refractivity contribution in [2.75, 3.05) is 37.6 Å². The molecule has 4 rings (SSSR count). The van der Waals surface area contributed by atoms with Crippen molar-refractivity contribution in [2.24, 2.45) is 0 Å². The zero-order valence-corrected chi connectivity index (χ0v) is 17.1. The SMILES string of the molecule is C#CCN(C(=O)c1nc(CN2CCNCC2)sc1-c1ccc(F)cc1)c1cnc[nH]1. The van der Waals surface area contributed by atoms with Crippen molar-refractivity contribution in [1.82, 2.24) is 25.2 Å². The van der Waals surface area contributed by atoms with Gasteiger partial charge in [0.15, 0.2) is 0 Å². The summed E-state index contributed by atoms with van der Waals surface area (Å²) in [5.74, 6) is 2.36. The summed E-state index contributed by atoms with van der Waals surface area (Å²) in [6.45, 7) is 4.44. The van der Waals surface area contributed by atoms with Gasteiger partial charge in [0.2, 0.25) is 0 Å². The molecular weight excluding hydrogens is 403 g/mol. The molecule has 0 aliphatic carbocycles. The summed E-state index contributed by atoms with van der Waals surface area (Å²) in [7, 11) is 0. The number of aromatic amines is 1. The molecule has 1 aliphatic rings. The summed E-state index contributed by atoms with van der Waals surface area (Å²) in [6.07, 6.45) is 8.53. The first-order chi connectivity index (χ1) is 14.7. The number of nitrogens with zero attached hydrogens (tertiary/aromatic N) is 4. The lowest BCUT2D eigenvalue weighted by Crippen LogP contribution is -2.42. The second-order valence-electron chi connectivity index (χ2n) is 6.85. The second-order valence-corrected chi connectivity index (χ2v) is 7.93. The third-order valence-corrected chi connectivity index (χ3v) is 5.91. The van der Waals surface area contributed by atoms with Crippen LogP contribution in [0, 0.1) is 18.2 Å². The van der Waals surface area contributed by atoms with E-state index in [1.807, 2.05) is 0 Å². The number of rotatable bonds is 6. The van der Waals surface area contributed by atoms with Gasteiger partial charge in [-0.3, -0.25) is 14.6 Å². The summed E-state index contributed by atoms with van der Waals surface area (Å²) in [5.41, 5.74) is 1.05. The molecule has 3 aromatic rings. The summed E-state index contributed by atoms with van der Waals surface area (Å²) in [5, 5.41) is 4.17. The first-order valence-electron chi connectivity index (χ1n) is 9.58. The molecule has 1 saturated heterocycles. The van der Waals surface area contributed by atoms with Crippen LogP contribution in [0.3, 0.4) is 0 Å². The lowest BCUT2D eigenvalue weighted by atomic mass is 10.1. The standard InChI is InChI=1S/C21H21FN6OS/c1-2-9-28(17-12-24-14-25-17)21(29)19-20(15-3-5-16(22)6-4-15)30-18(26-19)13-27-10-7-23-8-11-27/h1,3-6,12,14,23H,7-11,13H2,(H,24,25). The van der Waals surface area contributed by atoms with Gasteiger partial charge >= 0.3 is 0 Å². The van der Waals surface area contributed by atoms with Gasteiger partial charge < -0.3 is 10.3 Å². The number of thiazole rings is 1. The Bertz CT molecular complexity index is 1030. The third-order valence-electron chi connectivity index (χ3n) is 4.82. The van der Waals surface area contributed by atoms with Crippen molar-refractivity contribution >= 4 is 23.1 Å². The van der Waals surface area contributed by atoms with Gasteiger partial charge in [0.25, 0.3) is 5.91 Å². The molecule has 0 atom stereocenters. The fourth-order valence-corrected chi connectivity index (χ4v) is 4.42. The highest BCUT2D eigenvalue weighted by Gasteiger charge is 2.26. The maximum absolute atomic E-state index is 13.5. The molecule has 0 saturated carbocycles. The smallest absolute Gasteiger partial charge is 0.280 e. The van der Waals surface area contributed by atoms with Gasteiger partial charge in [-0.05, 0) is 17.7 Å². The molecular formula is C21H21FN6OS. The van der Waals surface area contributed by atoms with Crippen LogP contribution in [0.4, 0.5) is 10.2 Å². The molecule has 154 valence electrons. The average Bonchev–Trinajstić information content (AvgIpc) is 3.43. The lowest BCUT2D eigenvalue weighted by molar-refractivity contribution is 0.0985. The molecule has 2 N–H and O–H groups in total. The van der Waals surface area contributed by atoms with E-state index in [9.17, 15) is 9.18 Å². The normalized spacial score (nSPS) is 14.4. The Kier molecular flexibility index (Phi) is 6.18. The quantitative estimate of drug-likeness (QED) is 0.594. The highest BCUT2D eigenvalue weighted by molar-refractivity contribution is 7.15. The van der Waals surface area contributed by atoms with Gasteiger partial charge in [-0.25, -0.2) is 14.4 Å². The largest absolute Gasteiger partial charge is 0.331 e. The molecule has 0 unspecified atom stereocenters. The molecule has 1 aromatic carbocycles. The van der Waals surface area contributed by atoms with Gasteiger partial charge in [0.05, 0.1) is 30.5 Å². The fourth-order valence-electron chi connectivity index (χ4n) is 3.32. The van der Waals surface area contributed by atoms with E-state index in [4.69, 9.17) is 6.42 Å². The number of hydrogen-bond acceptors (Lipinski definition) is 6. The molecule has 1 amide bonds. The van der Waals surface area contributed by atoms with E-state index in [0.29, 0.717) is 22.9 Å². The van der Waals surface area contributed by atoms with E-state index < -0.39 is 0 Å². The zero-order valence-electron chi connectivity index (χ0n) is 16.3. The number of halogens is 1. The number of benzene rings is 1. The number of imidazole rings is 1. The van der Waals surface area contributed by atoms with E-state index in [-0.39, 0.29) is 18.3 Å². The predicted molar refractivity (Wildman–Crippen MR) is 115 cm³/mol. The minimum atomic E-state index is -0.330. The topological polar surface area (TPSA) is 77.2 Å². The highest BCUT2D eigenvalue weighted by Crippen LogP contribution is 2.32. The van der Waals surface area contributed by atoms with E-state index >= 15 is 0 Å². The second kappa shape index (κ2) is 9.17. The van der Waals surface area contributed by atoms with Gasteiger partial charge in [-0.2, -0.15) is 0 Å². The van der Waals surface area contributed by atoms with Gasteiger partial charge in [0, 0.05) is 26.2 Å². The first kappa shape index (κ1) is 20.2. The van der Waals surface area contributed by atoms with Gasteiger partial charge in [0.1, 0.15) is 22.3 Å². The monoisotopic (exact) mass is 424 g/mol. The van der Waals surface area contributed by atoms with Crippen molar-refractivity contribution in [2.45, 2.75) is 6.54 Å². The van der Waals surface area contributed by atoms with Crippen molar-refractivity contribution in [3.63, 3.8) is 0 Å². The molecule has 1 aliphatic heterocycles. The summed E-state index contributed by atoms with van der Waals surface area (Å²) < 4.78 is 13.5. The van der Waals surface area contributed by atoms with E-state index in [0.717, 1.165) is 36.8 Å². The van der Waals surface area contributed by atoms with Crippen LogP contribution in [0.5, 0.6) is 0 Å². The summed E-state index contributed by atoms with van der Waals surface area (Å²) in [6, 6.07) is 6.09. The maximum Gasteiger partial charge on any atom is 0.280 e. The van der Waals surface area contributed by atoms with Crippen LogP contribution >= 0.6 is 11.3 Å². The van der Waals surface area contributed by atoms with Crippen LogP contribution in [0.2, 0.25) is 0 Å². The minimum Gasteiger partial charge on any atom is -0.331 e. The number of anilines is 1. The Balaban J connectivity index is 1.71. The van der Waals surface area contributed by atoms with Crippen LogP contribution in [-0.4, -0.2) is 58.5 Å². The number of carbonyl (C=O) groups is 1. The number of carbonyl (C=O) groups excluding carboxylic acids is 1. The van der Waals surface area contributed by atoms with Crippen molar-refractivity contribution < 1.29 is 9.18 Å². The molecule has 0 bridgehead atoms. The van der Waals surface area contributed by atoms with E-state index in [1.54, 1.807) is 18.3 Å². The molecule has 0 radical (unpaired) electrons. The molecule has 30 heavy (non-hydrogen) atoms. The van der Waals surface area contributed by atoms with Crippen LogP contribution in [-0.2, 0) is 6.54 Å². The Labute approximate surface area is 178 Å². The number of hydrogen-bond donors (Lipinski definition) is 2. The maximum atomic E-state index is 13.5. The number of amides is 1. The number of terminal acetylenes is 1. The summed E-state index contributed by atoms with van der Waals surface area (Å²) >= 11 is 1.45. The lowest BCUT2D eigenvalue weighted by Gasteiger charge is -2.26. The Morgan fingerprint density at radius 2 is 2.07 bits per heavy atom. The van der Waals surface area contributed by atoms with Crippen LogP contribution < -0.4 is 10.2 Å². The molecule has 9 heteroatoms. The minimum absolute atomic E-state index is 0.0779. The van der Waals surface area contributed by atoms with E-state index in [1.165, 1.54) is 34.7 Å². The number of nitrogens with one attached hydrogen (secondary N) is 2. The van der Waals surface area contributed by atoms with Crippen LogP contribution in [0.15, 0.2) is 36.8 Å². The molecule has 3 heterocycles. The van der Waals surface area contributed by atoms with Crippen molar-refractivity contribution in [1.29, 1.82) is 0 Å².